The Bertz CT molecular complexity index is 803. The summed E-state index contributed by atoms with van der Waals surface area (Å²) in [6.45, 7) is 3.15. The van der Waals surface area contributed by atoms with Crippen LogP contribution in [0.25, 0.3) is 0 Å². The summed E-state index contributed by atoms with van der Waals surface area (Å²) in [6.07, 6.45) is 0.0749. The summed E-state index contributed by atoms with van der Waals surface area (Å²) in [5, 5.41) is 5.60. The molecule has 0 saturated heterocycles. The molecule has 1 atom stereocenters. The molecule has 0 aromatic heterocycles. The number of ether oxygens (including phenoxy) is 1. The molecule has 0 aliphatic heterocycles. The Morgan fingerprint density at radius 1 is 1.04 bits per heavy atom. The number of rotatable bonds is 6. The van der Waals surface area contributed by atoms with E-state index in [0.29, 0.717) is 16.8 Å². The zero-order chi connectivity index (χ0) is 19.1. The van der Waals surface area contributed by atoms with Crippen LogP contribution in [0.15, 0.2) is 48.5 Å². The van der Waals surface area contributed by atoms with Crippen LogP contribution < -0.4 is 10.6 Å². The van der Waals surface area contributed by atoms with Crippen molar-refractivity contribution in [1.29, 1.82) is 0 Å². The first kappa shape index (κ1) is 19.2. The zero-order valence-electron chi connectivity index (χ0n) is 15.0. The van der Waals surface area contributed by atoms with Gasteiger partial charge in [-0.1, -0.05) is 36.4 Å². The molecule has 2 N–H and O–H groups in total. The standard InChI is InChI=1S/C20H22N2O4/c1-13-16(20(25)26-3)10-7-11-17(13)22-19(24)12-18(21-14(2)23)15-8-5-4-6-9-15/h4-11,18H,12H2,1-3H3,(H,21,23)(H,22,24). The van der Waals surface area contributed by atoms with Crippen LogP contribution in [0.5, 0.6) is 0 Å². The molecular formula is C20H22N2O4. The minimum Gasteiger partial charge on any atom is -0.465 e. The van der Waals surface area contributed by atoms with Crippen LogP contribution in [-0.4, -0.2) is 24.9 Å². The van der Waals surface area contributed by atoms with Gasteiger partial charge in [-0.25, -0.2) is 4.79 Å². The average molecular weight is 354 g/mol. The lowest BCUT2D eigenvalue weighted by molar-refractivity contribution is -0.120. The molecule has 2 rings (SSSR count). The Morgan fingerprint density at radius 3 is 2.35 bits per heavy atom. The van der Waals surface area contributed by atoms with E-state index >= 15 is 0 Å². The molecule has 2 aromatic carbocycles. The summed E-state index contributed by atoms with van der Waals surface area (Å²) < 4.78 is 4.74. The van der Waals surface area contributed by atoms with Gasteiger partial charge in [0.05, 0.1) is 25.1 Å². The summed E-state index contributed by atoms with van der Waals surface area (Å²) in [5.74, 6) is -0.938. The lowest BCUT2D eigenvalue weighted by atomic mass is 10.0. The highest BCUT2D eigenvalue weighted by atomic mass is 16.5. The maximum Gasteiger partial charge on any atom is 0.338 e. The second kappa shape index (κ2) is 8.80. The van der Waals surface area contributed by atoms with Crippen molar-refractivity contribution in [3.05, 3.63) is 65.2 Å². The largest absolute Gasteiger partial charge is 0.465 e. The van der Waals surface area contributed by atoms with Gasteiger partial charge in [-0.05, 0) is 30.2 Å². The molecule has 0 heterocycles. The van der Waals surface area contributed by atoms with E-state index in [1.165, 1.54) is 14.0 Å². The number of esters is 1. The molecule has 0 spiro atoms. The van der Waals surface area contributed by atoms with Gasteiger partial charge < -0.3 is 15.4 Å². The van der Waals surface area contributed by atoms with Crippen molar-refractivity contribution < 1.29 is 19.1 Å². The number of methoxy groups -OCH3 is 1. The van der Waals surface area contributed by atoms with E-state index in [1.807, 2.05) is 30.3 Å². The summed E-state index contributed by atoms with van der Waals surface area (Å²) in [4.78, 5) is 35.8. The maximum absolute atomic E-state index is 12.5. The fourth-order valence-electron chi connectivity index (χ4n) is 2.67. The molecule has 0 saturated carbocycles. The lowest BCUT2D eigenvalue weighted by Crippen LogP contribution is -2.29. The van der Waals surface area contributed by atoms with Gasteiger partial charge in [0.25, 0.3) is 0 Å². The van der Waals surface area contributed by atoms with Gasteiger partial charge in [-0.15, -0.1) is 0 Å². The van der Waals surface area contributed by atoms with Crippen LogP contribution in [0.3, 0.4) is 0 Å². The van der Waals surface area contributed by atoms with E-state index in [4.69, 9.17) is 4.74 Å². The molecule has 26 heavy (non-hydrogen) atoms. The van der Waals surface area contributed by atoms with Gasteiger partial charge in [0.15, 0.2) is 0 Å². The summed E-state index contributed by atoms with van der Waals surface area (Å²) in [7, 11) is 1.31. The van der Waals surface area contributed by atoms with Crippen molar-refractivity contribution in [2.45, 2.75) is 26.3 Å². The minimum atomic E-state index is -0.459. The van der Waals surface area contributed by atoms with Crippen molar-refractivity contribution in [2.75, 3.05) is 12.4 Å². The number of hydrogen-bond donors (Lipinski definition) is 2. The molecule has 0 aliphatic carbocycles. The second-order valence-electron chi connectivity index (χ2n) is 5.89. The Balaban J connectivity index is 2.16. The molecule has 6 nitrogen and oxygen atoms in total. The third-order valence-corrected chi connectivity index (χ3v) is 3.98. The predicted molar refractivity (Wildman–Crippen MR) is 98.8 cm³/mol. The fraction of sp³-hybridized carbons (Fsp3) is 0.250. The van der Waals surface area contributed by atoms with Crippen LogP contribution in [0.2, 0.25) is 0 Å². The predicted octanol–water partition coefficient (Wildman–Crippen LogP) is 2.99. The van der Waals surface area contributed by atoms with E-state index in [9.17, 15) is 14.4 Å². The second-order valence-corrected chi connectivity index (χ2v) is 5.89. The summed E-state index contributed by atoms with van der Waals surface area (Å²) in [6, 6.07) is 13.9. The summed E-state index contributed by atoms with van der Waals surface area (Å²) >= 11 is 0. The fourth-order valence-corrected chi connectivity index (χ4v) is 2.67. The number of hydrogen-bond acceptors (Lipinski definition) is 4. The highest BCUT2D eigenvalue weighted by Crippen LogP contribution is 2.22. The molecule has 0 aliphatic rings. The van der Waals surface area contributed by atoms with Crippen LogP contribution in [0, 0.1) is 6.92 Å². The monoisotopic (exact) mass is 354 g/mol. The van der Waals surface area contributed by atoms with Gasteiger partial charge in [0.2, 0.25) is 11.8 Å². The van der Waals surface area contributed by atoms with Crippen LogP contribution in [-0.2, 0) is 14.3 Å². The molecule has 0 fully saturated rings. The topological polar surface area (TPSA) is 84.5 Å². The van der Waals surface area contributed by atoms with E-state index in [2.05, 4.69) is 10.6 Å². The van der Waals surface area contributed by atoms with Crippen molar-refractivity contribution in [3.63, 3.8) is 0 Å². The normalized spacial score (nSPS) is 11.3. The van der Waals surface area contributed by atoms with Crippen molar-refractivity contribution in [2.24, 2.45) is 0 Å². The van der Waals surface area contributed by atoms with Gasteiger partial charge in [-0.3, -0.25) is 9.59 Å². The third kappa shape index (κ3) is 4.92. The van der Waals surface area contributed by atoms with Crippen molar-refractivity contribution in [3.8, 4) is 0 Å². The molecule has 0 bridgehead atoms. The van der Waals surface area contributed by atoms with Crippen molar-refractivity contribution >= 4 is 23.5 Å². The number of nitrogens with one attached hydrogen (secondary N) is 2. The Kier molecular flexibility index (Phi) is 6.49. The van der Waals surface area contributed by atoms with E-state index < -0.39 is 12.0 Å². The summed E-state index contributed by atoms with van der Waals surface area (Å²) in [5.41, 5.74) is 2.40. The third-order valence-electron chi connectivity index (χ3n) is 3.98. The minimum absolute atomic E-state index is 0.0749. The number of amides is 2. The van der Waals surface area contributed by atoms with E-state index in [-0.39, 0.29) is 18.2 Å². The van der Waals surface area contributed by atoms with Gasteiger partial charge in [0, 0.05) is 12.6 Å². The molecular weight excluding hydrogens is 332 g/mol. The quantitative estimate of drug-likeness (QED) is 0.781. The lowest BCUT2D eigenvalue weighted by Gasteiger charge is -2.19. The van der Waals surface area contributed by atoms with Crippen LogP contribution >= 0.6 is 0 Å². The first-order valence-corrected chi connectivity index (χ1v) is 8.22. The first-order valence-electron chi connectivity index (χ1n) is 8.22. The SMILES string of the molecule is COC(=O)c1cccc(NC(=O)CC(NC(C)=O)c2ccccc2)c1C. The van der Waals surface area contributed by atoms with E-state index in [0.717, 1.165) is 5.56 Å². The number of carbonyl (C=O) groups is 3. The number of benzene rings is 2. The number of carbonyl (C=O) groups excluding carboxylic acids is 3. The molecule has 2 aromatic rings. The Hall–Kier alpha value is -3.15. The van der Waals surface area contributed by atoms with Crippen LogP contribution in [0.1, 0.15) is 40.9 Å². The first-order chi connectivity index (χ1) is 12.4. The highest BCUT2D eigenvalue weighted by molar-refractivity contribution is 5.97. The zero-order valence-corrected chi connectivity index (χ0v) is 15.0. The molecule has 6 heteroatoms. The van der Waals surface area contributed by atoms with Gasteiger partial charge >= 0.3 is 5.97 Å². The Labute approximate surface area is 152 Å². The highest BCUT2D eigenvalue weighted by Gasteiger charge is 2.18. The number of anilines is 1. The average Bonchev–Trinajstić information content (AvgIpc) is 2.62. The molecule has 0 radical (unpaired) electrons. The van der Waals surface area contributed by atoms with Gasteiger partial charge in [0.1, 0.15) is 0 Å². The van der Waals surface area contributed by atoms with Crippen LogP contribution in [0.4, 0.5) is 5.69 Å². The smallest absolute Gasteiger partial charge is 0.338 e. The van der Waals surface area contributed by atoms with Crippen molar-refractivity contribution in [1.82, 2.24) is 5.32 Å². The Morgan fingerprint density at radius 2 is 1.73 bits per heavy atom. The van der Waals surface area contributed by atoms with Gasteiger partial charge in [-0.2, -0.15) is 0 Å². The molecule has 1 unspecified atom stereocenters. The molecule has 2 amide bonds. The molecule has 136 valence electrons. The van der Waals surface area contributed by atoms with E-state index in [1.54, 1.807) is 25.1 Å². The maximum atomic E-state index is 12.5.